The van der Waals surface area contributed by atoms with Crippen LogP contribution in [-0.2, 0) is 22.4 Å². The predicted octanol–water partition coefficient (Wildman–Crippen LogP) is 1.68. The fourth-order valence-electron chi connectivity index (χ4n) is 2.13. The molecule has 1 aromatic rings. The van der Waals surface area contributed by atoms with Gasteiger partial charge in [0.25, 0.3) is 0 Å². The fourth-order valence-corrected chi connectivity index (χ4v) is 3.07. The van der Waals surface area contributed by atoms with Crippen LogP contribution in [0.25, 0.3) is 0 Å². The van der Waals surface area contributed by atoms with E-state index in [1.807, 2.05) is 0 Å². The van der Waals surface area contributed by atoms with E-state index in [1.165, 1.54) is 18.2 Å². The molecule has 5 nitrogen and oxygen atoms in total. The Hall–Kier alpha value is -0.930. The first-order valence-electron chi connectivity index (χ1n) is 6.59. The number of halogens is 2. The Morgan fingerprint density at radius 1 is 1.50 bits per heavy atom. The summed E-state index contributed by atoms with van der Waals surface area (Å²) in [5.41, 5.74) is -1.50. The largest absolute Gasteiger partial charge is 0.598 e. The molecule has 0 aromatic heterocycles. The van der Waals surface area contributed by atoms with E-state index in [-0.39, 0.29) is 16.8 Å². The molecule has 22 heavy (non-hydrogen) atoms. The molecule has 0 aliphatic carbocycles. The lowest BCUT2D eigenvalue weighted by Gasteiger charge is -2.41. The zero-order chi connectivity index (χ0) is 15.8. The number of ether oxygens (including phenoxy) is 1. The average molecular weight is 335 g/mol. The van der Waals surface area contributed by atoms with Crippen molar-refractivity contribution in [1.29, 1.82) is 0 Å². The highest BCUT2D eigenvalue weighted by molar-refractivity contribution is 7.90. The maximum atomic E-state index is 14.5. The van der Waals surface area contributed by atoms with Crippen LogP contribution in [0.2, 0.25) is 0 Å². The topological polar surface area (TPSA) is 93.0 Å². The second-order valence-corrected chi connectivity index (χ2v) is 7.97. The van der Waals surface area contributed by atoms with Gasteiger partial charge in [0, 0.05) is 22.4 Å². The molecule has 0 amide bonds. The number of nitrogens with one attached hydrogen (secondary N) is 1. The average Bonchev–Trinajstić information content (AvgIpc) is 2.41. The van der Waals surface area contributed by atoms with E-state index >= 15 is 0 Å². The summed E-state index contributed by atoms with van der Waals surface area (Å²) in [7, 11) is 0. The number of rotatable bonds is 3. The van der Waals surface area contributed by atoms with Gasteiger partial charge in [0.2, 0.25) is 0 Å². The molecule has 0 saturated carbocycles. The quantitative estimate of drug-likeness (QED) is 0.822. The van der Waals surface area contributed by atoms with Crippen LogP contribution >= 0.6 is 0 Å². The van der Waals surface area contributed by atoms with Crippen LogP contribution in [0.5, 0.6) is 5.75 Å². The number of aliphatic hydroxyl groups is 1. The van der Waals surface area contributed by atoms with E-state index in [2.05, 4.69) is 4.72 Å². The first kappa shape index (κ1) is 19.1. The van der Waals surface area contributed by atoms with Gasteiger partial charge in [0.15, 0.2) is 17.7 Å². The molecule has 0 bridgehead atoms. The van der Waals surface area contributed by atoms with Crippen LogP contribution in [0.1, 0.15) is 26.3 Å². The van der Waals surface area contributed by atoms with Crippen LogP contribution in [-0.4, -0.2) is 33.8 Å². The zero-order valence-corrected chi connectivity index (χ0v) is 13.4. The third kappa shape index (κ3) is 3.21. The summed E-state index contributed by atoms with van der Waals surface area (Å²) >= 11 is -1.64. The third-order valence-electron chi connectivity index (χ3n) is 3.44. The van der Waals surface area contributed by atoms with Crippen LogP contribution in [0, 0.1) is 5.82 Å². The van der Waals surface area contributed by atoms with Gasteiger partial charge in [0.05, 0.1) is 6.61 Å². The molecular weight excluding hydrogens is 316 g/mol. The van der Waals surface area contributed by atoms with Crippen LogP contribution in [0.4, 0.5) is 8.78 Å². The number of fused-ring (bicyclic) bond motifs is 1. The molecule has 2 rings (SSSR count). The monoisotopic (exact) mass is 335 g/mol. The van der Waals surface area contributed by atoms with Gasteiger partial charge in [-0.1, -0.05) is 12.1 Å². The van der Waals surface area contributed by atoms with Gasteiger partial charge in [-0.3, -0.25) is 0 Å². The molecule has 1 aliphatic rings. The Bertz CT molecular complexity index is 526. The van der Waals surface area contributed by atoms with Crippen molar-refractivity contribution in [3.05, 3.63) is 29.6 Å². The second-order valence-electron chi connectivity index (χ2n) is 6.01. The van der Waals surface area contributed by atoms with E-state index in [0.29, 0.717) is 0 Å². The second kappa shape index (κ2) is 6.67. The molecule has 3 atom stereocenters. The molecule has 124 valence electrons. The van der Waals surface area contributed by atoms with Crippen LogP contribution in [0.15, 0.2) is 18.2 Å². The van der Waals surface area contributed by atoms with Gasteiger partial charge in [-0.05, 0) is 26.8 Å². The molecule has 8 heteroatoms. The first-order chi connectivity index (χ1) is 9.72. The number of alkyl halides is 1. The van der Waals surface area contributed by atoms with Crippen molar-refractivity contribution in [1.82, 2.24) is 4.72 Å². The van der Waals surface area contributed by atoms with Gasteiger partial charge in [-0.25, -0.2) is 8.78 Å². The predicted molar refractivity (Wildman–Crippen MR) is 77.3 cm³/mol. The standard InChI is InChI=1S/C14H19F2NO3S.O/c1-13(2,3)21(19)17-14(8-18)9-5-4-6-10(15)12(9)20-7-11(14)16;/h4-6,11,17-18H,7-8H2,1-3H3;/t11-,14+,21+;/m0./s1. The Kier molecular flexibility index (Phi) is 5.80. The van der Waals surface area contributed by atoms with Crippen molar-refractivity contribution in [2.24, 2.45) is 0 Å². The smallest absolute Gasteiger partial charge is 0.165 e. The fraction of sp³-hybridized carbons (Fsp3) is 0.571. The summed E-state index contributed by atoms with van der Waals surface area (Å²) in [6.45, 7) is 4.10. The van der Waals surface area contributed by atoms with E-state index in [1.54, 1.807) is 20.8 Å². The molecular formula is C14H19F2NO4S. The highest BCUT2D eigenvalue weighted by atomic mass is 32.2. The molecule has 0 saturated heterocycles. The Morgan fingerprint density at radius 2 is 2.14 bits per heavy atom. The highest BCUT2D eigenvalue weighted by Crippen LogP contribution is 2.41. The van der Waals surface area contributed by atoms with Crippen molar-refractivity contribution in [3.63, 3.8) is 0 Å². The number of para-hydroxylation sites is 1. The lowest BCUT2D eigenvalue weighted by molar-refractivity contribution is 0.0343. The van der Waals surface area contributed by atoms with Crippen molar-refractivity contribution in [3.8, 4) is 5.75 Å². The Balaban J connectivity index is 0.00000242. The molecule has 0 fully saturated rings. The van der Waals surface area contributed by atoms with Gasteiger partial charge < -0.3 is 14.4 Å². The van der Waals surface area contributed by atoms with Gasteiger partial charge >= 0.3 is 0 Å². The molecule has 0 spiro atoms. The summed E-state index contributed by atoms with van der Waals surface area (Å²) < 4.78 is 47.7. The molecule has 1 heterocycles. The number of benzene rings is 1. The van der Waals surface area contributed by atoms with Crippen molar-refractivity contribution in [2.75, 3.05) is 13.2 Å². The normalized spacial score (nSPS) is 25.7. The van der Waals surface area contributed by atoms with Crippen molar-refractivity contribution >= 4 is 11.4 Å². The number of hydrogen-bond donors (Lipinski definition) is 2. The molecule has 1 aliphatic heterocycles. The molecule has 1 aromatic carbocycles. The summed E-state index contributed by atoms with van der Waals surface area (Å²) in [5.74, 6) is -0.751. The van der Waals surface area contributed by atoms with E-state index in [9.17, 15) is 18.4 Å². The number of hydrogen-bond acceptors (Lipinski definition) is 4. The van der Waals surface area contributed by atoms with Gasteiger partial charge in [-0.15, -0.1) is 4.72 Å². The minimum absolute atomic E-state index is 0. The van der Waals surface area contributed by atoms with Gasteiger partial charge in [0.1, 0.15) is 16.9 Å². The first-order valence-corrected chi connectivity index (χ1v) is 7.74. The van der Waals surface area contributed by atoms with Crippen LogP contribution in [0.3, 0.4) is 0 Å². The molecule has 0 unspecified atom stereocenters. The summed E-state index contributed by atoms with van der Waals surface area (Å²) in [4.78, 5) is 0. The Morgan fingerprint density at radius 3 is 2.68 bits per heavy atom. The van der Waals surface area contributed by atoms with Crippen LogP contribution < -0.4 is 9.46 Å². The summed E-state index contributed by atoms with van der Waals surface area (Å²) in [6, 6.07) is 4.06. The molecule has 2 N–H and O–H groups in total. The molecule has 2 radical (unpaired) electrons. The Labute approximate surface area is 131 Å². The van der Waals surface area contributed by atoms with Gasteiger partial charge in [-0.2, -0.15) is 0 Å². The number of aliphatic hydroxyl groups excluding tert-OH is 1. The lowest BCUT2D eigenvalue weighted by atomic mass is 9.84. The highest BCUT2D eigenvalue weighted by Gasteiger charge is 2.51. The lowest BCUT2D eigenvalue weighted by Crippen LogP contribution is -2.61. The van der Waals surface area contributed by atoms with E-state index < -0.39 is 46.9 Å². The summed E-state index contributed by atoms with van der Waals surface area (Å²) in [6.07, 6.45) is -1.65. The van der Waals surface area contributed by atoms with E-state index in [0.717, 1.165) is 0 Å². The minimum Gasteiger partial charge on any atom is -0.598 e. The zero-order valence-electron chi connectivity index (χ0n) is 12.6. The SMILES string of the molecule is CC(C)(C)[S@@+]([O-])N[C@]1(CO)c2cccc(F)c2OC[C@@H]1F.[O]. The third-order valence-corrected chi connectivity index (χ3v) is 5.10. The maximum absolute atomic E-state index is 14.5. The summed E-state index contributed by atoms with van der Waals surface area (Å²) in [5, 5.41) is 9.75. The van der Waals surface area contributed by atoms with Crippen molar-refractivity contribution < 1.29 is 28.7 Å². The van der Waals surface area contributed by atoms with Crippen molar-refractivity contribution in [2.45, 2.75) is 37.2 Å². The maximum Gasteiger partial charge on any atom is 0.165 e. The minimum atomic E-state index is -1.65. The van der Waals surface area contributed by atoms with E-state index in [4.69, 9.17) is 4.74 Å².